The lowest BCUT2D eigenvalue weighted by molar-refractivity contribution is -0.126. The third-order valence-electron chi connectivity index (χ3n) is 6.09. The first-order chi connectivity index (χ1) is 10.8. The smallest absolute Gasteiger partial charge is 0.223 e. The zero-order chi connectivity index (χ0) is 15.4. The SMILES string of the molecule is CCCCC1CCC(C(=O)NCC2CN3CCN2CC3)CC1. The normalized spacial score (nSPS) is 38.0. The molecule has 4 nitrogen and oxygen atoms in total. The Kier molecular flexibility index (Phi) is 5.75. The van der Waals surface area contributed by atoms with E-state index in [1.54, 1.807) is 0 Å². The fourth-order valence-corrected chi connectivity index (χ4v) is 4.49. The lowest BCUT2D eigenvalue weighted by atomic mass is 9.79. The number of hydrogen-bond donors (Lipinski definition) is 1. The molecule has 4 rings (SSSR count). The van der Waals surface area contributed by atoms with E-state index >= 15 is 0 Å². The van der Waals surface area contributed by atoms with Crippen LogP contribution in [0.5, 0.6) is 0 Å². The zero-order valence-electron chi connectivity index (χ0n) is 14.2. The predicted octanol–water partition coefficient (Wildman–Crippen LogP) is 2.10. The summed E-state index contributed by atoms with van der Waals surface area (Å²) in [5, 5.41) is 3.26. The first-order valence-corrected chi connectivity index (χ1v) is 9.50. The van der Waals surface area contributed by atoms with Gasteiger partial charge in [-0.05, 0) is 31.6 Å². The molecule has 1 N–H and O–H groups in total. The molecule has 0 aromatic heterocycles. The predicted molar refractivity (Wildman–Crippen MR) is 89.8 cm³/mol. The van der Waals surface area contributed by atoms with Crippen LogP contribution in [0.4, 0.5) is 0 Å². The van der Waals surface area contributed by atoms with Crippen LogP contribution in [0, 0.1) is 11.8 Å². The van der Waals surface area contributed by atoms with Crippen molar-refractivity contribution >= 4 is 5.91 Å². The molecule has 0 aromatic rings. The van der Waals surface area contributed by atoms with Gasteiger partial charge in [-0.3, -0.25) is 14.6 Å². The van der Waals surface area contributed by atoms with Crippen LogP contribution in [-0.2, 0) is 4.79 Å². The Morgan fingerprint density at radius 3 is 2.41 bits per heavy atom. The number of piperazine rings is 3. The van der Waals surface area contributed by atoms with E-state index in [2.05, 4.69) is 22.0 Å². The average molecular weight is 307 g/mol. The molecule has 3 aliphatic heterocycles. The third kappa shape index (κ3) is 4.02. The second-order valence-electron chi connectivity index (χ2n) is 7.60. The zero-order valence-corrected chi connectivity index (χ0v) is 14.2. The van der Waals surface area contributed by atoms with Gasteiger partial charge in [-0.2, -0.15) is 0 Å². The van der Waals surface area contributed by atoms with Crippen molar-refractivity contribution in [2.45, 2.75) is 57.9 Å². The minimum Gasteiger partial charge on any atom is -0.354 e. The Morgan fingerprint density at radius 2 is 1.82 bits per heavy atom. The molecule has 0 radical (unpaired) electrons. The summed E-state index contributed by atoms with van der Waals surface area (Å²) >= 11 is 0. The highest BCUT2D eigenvalue weighted by Crippen LogP contribution is 2.32. The van der Waals surface area contributed by atoms with Crippen LogP contribution < -0.4 is 5.32 Å². The van der Waals surface area contributed by atoms with Crippen molar-refractivity contribution in [3.63, 3.8) is 0 Å². The maximum Gasteiger partial charge on any atom is 0.223 e. The van der Waals surface area contributed by atoms with Gasteiger partial charge in [-0.1, -0.05) is 26.2 Å². The first kappa shape index (κ1) is 16.3. The highest BCUT2D eigenvalue weighted by atomic mass is 16.1. The van der Waals surface area contributed by atoms with E-state index in [9.17, 15) is 4.79 Å². The summed E-state index contributed by atoms with van der Waals surface area (Å²) in [5.74, 6) is 1.50. The number of unbranched alkanes of at least 4 members (excludes halogenated alkanes) is 1. The van der Waals surface area contributed by atoms with E-state index in [4.69, 9.17) is 0 Å². The van der Waals surface area contributed by atoms with Gasteiger partial charge in [0.1, 0.15) is 0 Å². The summed E-state index contributed by atoms with van der Waals surface area (Å²) in [7, 11) is 0. The van der Waals surface area contributed by atoms with Crippen LogP contribution >= 0.6 is 0 Å². The van der Waals surface area contributed by atoms with Crippen LogP contribution in [0.2, 0.25) is 0 Å². The summed E-state index contributed by atoms with van der Waals surface area (Å²) in [4.78, 5) is 17.5. The first-order valence-electron chi connectivity index (χ1n) is 9.50. The van der Waals surface area contributed by atoms with Crippen molar-refractivity contribution in [1.29, 1.82) is 0 Å². The van der Waals surface area contributed by atoms with Crippen molar-refractivity contribution in [3.05, 3.63) is 0 Å². The molecule has 2 bridgehead atoms. The molecule has 1 atom stereocenters. The molecule has 1 unspecified atom stereocenters. The summed E-state index contributed by atoms with van der Waals surface area (Å²) in [5.41, 5.74) is 0. The highest BCUT2D eigenvalue weighted by Gasteiger charge is 2.32. The maximum absolute atomic E-state index is 12.4. The van der Waals surface area contributed by atoms with Gasteiger partial charge in [-0.15, -0.1) is 0 Å². The summed E-state index contributed by atoms with van der Waals surface area (Å²) in [6, 6.07) is 0.548. The lowest BCUT2D eigenvalue weighted by Crippen LogP contribution is -2.63. The van der Waals surface area contributed by atoms with Gasteiger partial charge >= 0.3 is 0 Å². The van der Waals surface area contributed by atoms with Gasteiger partial charge in [-0.25, -0.2) is 0 Å². The Hall–Kier alpha value is -0.610. The number of fused-ring (bicyclic) bond motifs is 3. The van der Waals surface area contributed by atoms with Gasteiger partial charge in [0.05, 0.1) is 0 Å². The average Bonchev–Trinajstić information content (AvgIpc) is 2.59. The standard InChI is InChI=1S/C18H33N3O/c1-2-3-4-15-5-7-16(8-6-15)18(22)19-13-17-14-20-9-11-21(17)12-10-20/h15-17H,2-14H2,1H3,(H,19,22). The molecular weight excluding hydrogens is 274 g/mol. The van der Waals surface area contributed by atoms with Gasteiger partial charge < -0.3 is 5.32 Å². The van der Waals surface area contributed by atoms with Crippen molar-refractivity contribution in [1.82, 2.24) is 15.1 Å². The number of carbonyl (C=O) groups is 1. The summed E-state index contributed by atoms with van der Waals surface area (Å²) in [6.45, 7) is 9.06. The van der Waals surface area contributed by atoms with E-state index in [-0.39, 0.29) is 5.92 Å². The Morgan fingerprint density at radius 1 is 1.09 bits per heavy atom. The highest BCUT2D eigenvalue weighted by molar-refractivity contribution is 5.78. The molecular formula is C18H33N3O. The van der Waals surface area contributed by atoms with Crippen molar-refractivity contribution < 1.29 is 4.79 Å². The van der Waals surface area contributed by atoms with Crippen LogP contribution in [0.25, 0.3) is 0 Å². The molecule has 3 saturated heterocycles. The van der Waals surface area contributed by atoms with Crippen LogP contribution in [0.1, 0.15) is 51.9 Å². The number of rotatable bonds is 6. The van der Waals surface area contributed by atoms with Crippen molar-refractivity contribution in [3.8, 4) is 0 Å². The van der Waals surface area contributed by atoms with Gasteiger partial charge in [0, 0.05) is 51.2 Å². The molecule has 4 fully saturated rings. The van der Waals surface area contributed by atoms with Gasteiger partial charge in [0.15, 0.2) is 0 Å². The molecule has 22 heavy (non-hydrogen) atoms. The molecule has 1 saturated carbocycles. The molecule has 126 valence electrons. The Balaban J connectivity index is 1.36. The molecule has 0 aromatic carbocycles. The van der Waals surface area contributed by atoms with E-state index < -0.39 is 0 Å². The lowest BCUT2D eigenvalue weighted by Gasteiger charge is -2.47. The van der Waals surface area contributed by atoms with E-state index in [1.165, 1.54) is 58.3 Å². The number of nitrogens with one attached hydrogen (secondary N) is 1. The molecule has 4 heteroatoms. The monoisotopic (exact) mass is 307 g/mol. The van der Waals surface area contributed by atoms with E-state index in [0.717, 1.165) is 31.8 Å². The van der Waals surface area contributed by atoms with Gasteiger partial charge in [0.25, 0.3) is 0 Å². The fraction of sp³-hybridized carbons (Fsp3) is 0.944. The van der Waals surface area contributed by atoms with Crippen LogP contribution in [0.3, 0.4) is 0 Å². The van der Waals surface area contributed by atoms with E-state index in [1.807, 2.05) is 0 Å². The molecule has 1 amide bonds. The van der Waals surface area contributed by atoms with E-state index in [0.29, 0.717) is 11.9 Å². The Bertz CT molecular complexity index is 357. The largest absolute Gasteiger partial charge is 0.354 e. The van der Waals surface area contributed by atoms with Crippen LogP contribution in [-0.4, -0.2) is 61.0 Å². The number of amides is 1. The number of carbonyl (C=O) groups excluding carboxylic acids is 1. The quantitative estimate of drug-likeness (QED) is 0.816. The number of nitrogens with zero attached hydrogens (tertiary/aromatic N) is 2. The number of hydrogen-bond acceptors (Lipinski definition) is 3. The Labute approximate surface area is 135 Å². The third-order valence-corrected chi connectivity index (χ3v) is 6.09. The van der Waals surface area contributed by atoms with Crippen LogP contribution in [0.15, 0.2) is 0 Å². The second-order valence-corrected chi connectivity index (χ2v) is 7.60. The van der Waals surface area contributed by atoms with Crippen molar-refractivity contribution in [2.24, 2.45) is 11.8 Å². The van der Waals surface area contributed by atoms with Crippen molar-refractivity contribution in [2.75, 3.05) is 39.3 Å². The molecule has 0 spiro atoms. The molecule has 4 aliphatic rings. The maximum atomic E-state index is 12.4. The summed E-state index contributed by atoms with van der Waals surface area (Å²) < 4.78 is 0. The minimum absolute atomic E-state index is 0.286. The summed E-state index contributed by atoms with van der Waals surface area (Å²) in [6.07, 6.45) is 8.78. The molecule has 1 aliphatic carbocycles. The topological polar surface area (TPSA) is 35.6 Å². The minimum atomic E-state index is 0.286. The fourth-order valence-electron chi connectivity index (χ4n) is 4.49. The van der Waals surface area contributed by atoms with Gasteiger partial charge in [0.2, 0.25) is 5.91 Å². The molecule has 3 heterocycles. The second kappa shape index (κ2) is 7.78.